The van der Waals surface area contributed by atoms with Crippen molar-refractivity contribution >= 4 is 5.91 Å². The van der Waals surface area contributed by atoms with Crippen LogP contribution in [0.25, 0.3) is 0 Å². The molecule has 1 aliphatic heterocycles. The standard InChI is InChI=1S/C14H21N3O2/c15-7-12-3-4-13(19-12)14(18)16-8-10-5-6-17(9-10)11-1-2-11/h3-4,10-11H,1-2,5-9,15H2,(H,16,18). The summed E-state index contributed by atoms with van der Waals surface area (Å²) >= 11 is 0. The molecule has 2 heterocycles. The van der Waals surface area contributed by atoms with Crippen molar-refractivity contribution in [2.75, 3.05) is 19.6 Å². The number of hydrogen-bond acceptors (Lipinski definition) is 4. The Kier molecular flexibility index (Phi) is 3.57. The fourth-order valence-electron chi connectivity index (χ4n) is 2.73. The molecular formula is C14H21N3O2. The molecule has 2 fully saturated rings. The molecule has 3 N–H and O–H groups in total. The van der Waals surface area contributed by atoms with E-state index in [4.69, 9.17) is 10.2 Å². The molecule has 2 aliphatic rings. The summed E-state index contributed by atoms with van der Waals surface area (Å²) in [5, 5.41) is 2.96. The Morgan fingerprint density at radius 3 is 2.95 bits per heavy atom. The Morgan fingerprint density at radius 1 is 1.42 bits per heavy atom. The van der Waals surface area contributed by atoms with Crippen LogP contribution >= 0.6 is 0 Å². The van der Waals surface area contributed by atoms with Gasteiger partial charge in [-0.1, -0.05) is 0 Å². The zero-order chi connectivity index (χ0) is 13.2. The Morgan fingerprint density at radius 2 is 2.26 bits per heavy atom. The number of nitrogens with zero attached hydrogens (tertiary/aromatic N) is 1. The molecule has 1 amide bonds. The van der Waals surface area contributed by atoms with Crippen LogP contribution in [-0.2, 0) is 6.54 Å². The number of amides is 1. The molecule has 0 radical (unpaired) electrons. The van der Waals surface area contributed by atoms with Gasteiger partial charge >= 0.3 is 0 Å². The first-order valence-electron chi connectivity index (χ1n) is 7.07. The molecular weight excluding hydrogens is 242 g/mol. The van der Waals surface area contributed by atoms with E-state index < -0.39 is 0 Å². The topological polar surface area (TPSA) is 71.5 Å². The minimum atomic E-state index is -0.135. The van der Waals surface area contributed by atoms with Gasteiger partial charge in [-0.2, -0.15) is 0 Å². The van der Waals surface area contributed by atoms with Crippen LogP contribution in [0, 0.1) is 5.92 Å². The van der Waals surface area contributed by atoms with Crippen molar-refractivity contribution in [3.63, 3.8) is 0 Å². The van der Waals surface area contributed by atoms with Crippen molar-refractivity contribution in [1.29, 1.82) is 0 Å². The highest BCUT2D eigenvalue weighted by Crippen LogP contribution is 2.31. The Balaban J connectivity index is 1.45. The lowest BCUT2D eigenvalue weighted by Gasteiger charge is -2.14. The molecule has 1 saturated carbocycles. The van der Waals surface area contributed by atoms with E-state index in [9.17, 15) is 4.79 Å². The fraction of sp³-hybridized carbons (Fsp3) is 0.643. The third kappa shape index (κ3) is 2.98. The molecule has 3 rings (SSSR count). The quantitative estimate of drug-likeness (QED) is 0.830. The lowest BCUT2D eigenvalue weighted by Crippen LogP contribution is -2.31. The van der Waals surface area contributed by atoms with Gasteiger partial charge in [-0.25, -0.2) is 0 Å². The summed E-state index contributed by atoms with van der Waals surface area (Å²) in [6.45, 7) is 3.37. The number of nitrogens with two attached hydrogens (primary N) is 1. The van der Waals surface area contributed by atoms with E-state index in [1.165, 1.54) is 25.8 Å². The molecule has 1 unspecified atom stereocenters. The number of hydrogen-bond donors (Lipinski definition) is 2. The van der Waals surface area contributed by atoms with Gasteiger partial charge in [0.2, 0.25) is 0 Å². The monoisotopic (exact) mass is 263 g/mol. The second-order valence-corrected chi connectivity index (χ2v) is 5.56. The predicted octanol–water partition coefficient (Wildman–Crippen LogP) is 0.952. The van der Waals surface area contributed by atoms with Crippen LogP contribution in [0.1, 0.15) is 35.6 Å². The van der Waals surface area contributed by atoms with Crippen LogP contribution in [0.3, 0.4) is 0 Å². The molecule has 1 atom stereocenters. The van der Waals surface area contributed by atoms with Crippen molar-refractivity contribution in [2.24, 2.45) is 11.7 Å². The smallest absolute Gasteiger partial charge is 0.287 e. The molecule has 0 spiro atoms. The van der Waals surface area contributed by atoms with E-state index in [0.29, 0.717) is 24.0 Å². The molecule has 1 aromatic heterocycles. The minimum absolute atomic E-state index is 0.135. The first kappa shape index (κ1) is 12.7. The second kappa shape index (κ2) is 5.35. The summed E-state index contributed by atoms with van der Waals surface area (Å²) in [5.41, 5.74) is 5.46. The SMILES string of the molecule is NCc1ccc(C(=O)NCC2CCN(C3CC3)C2)o1. The molecule has 104 valence electrons. The maximum absolute atomic E-state index is 11.9. The average Bonchev–Trinajstić information content (AvgIpc) is 2.99. The molecule has 0 bridgehead atoms. The summed E-state index contributed by atoms with van der Waals surface area (Å²) in [5.74, 6) is 1.45. The van der Waals surface area contributed by atoms with Crippen LogP contribution in [0.5, 0.6) is 0 Å². The number of carbonyl (C=O) groups excluding carboxylic acids is 1. The summed E-state index contributed by atoms with van der Waals surface area (Å²) < 4.78 is 5.33. The van der Waals surface area contributed by atoms with Gasteiger partial charge in [0.05, 0.1) is 6.54 Å². The van der Waals surface area contributed by atoms with Crippen LogP contribution in [0.15, 0.2) is 16.5 Å². The number of likely N-dealkylation sites (tertiary alicyclic amines) is 1. The van der Waals surface area contributed by atoms with E-state index in [2.05, 4.69) is 10.2 Å². The maximum Gasteiger partial charge on any atom is 0.287 e. The lowest BCUT2D eigenvalue weighted by atomic mass is 10.1. The first-order valence-corrected chi connectivity index (χ1v) is 7.07. The third-order valence-corrected chi connectivity index (χ3v) is 4.02. The van der Waals surface area contributed by atoms with E-state index in [-0.39, 0.29) is 5.91 Å². The summed E-state index contributed by atoms with van der Waals surface area (Å²) in [4.78, 5) is 14.5. The van der Waals surface area contributed by atoms with Gasteiger partial charge in [-0.3, -0.25) is 4.79 Å². The molecule has 5 nitrogen and oxygen atoms in total. The molecule has 1 saturated heterocycles. The van der Waals surface area contributed by atoms with Gasteiger partial charge in [0.15, 0.2) is 5.76 Å². The van der Waals surface area contributed by atoms with Gasteiger partial charge < -0.3 is 20.4 Å². The Labute approximate surface area is 113 Å². The number of nitrogens with one attached hydrogen (secondary N) is 1. The van der Waals surface area contributed by atoms with Gasteiger partial charge in [0, 0.05) is 19.1 Å². The highest BCUT2D eigenvalue weighted by molar-refractivity contribution is 5.91. The van der Waals surface area contributed by atoms with Crippen molar-refractivity contribution in [1.82, 2.24) is 10.2 Å². The van der Waals surface area contributed by atoms with Crippen molar-refractivity contribution in [3.8, 4) is 0 Å². The average molecular weight is 263 g/mol. The number of rotatable bonds is 5. The Hall–Kier alpha value is -1.33. The van der Waals surface area contributed by atoms with Crippen LogP contribution in [0.4, 0.5) is 0 Å². The second-order valence-electron chi connectivity index (χ2n) is 5.56. The molecule has 0 aromatic carbocycles. The number of carbonyl (C=O) groups is 1. The number of furan rings is 1. The van der Waals surface area contributed by atoms with Crippen molar-refractivity contribution in [3.05, 3.63) is 23.7 Å². The normalized spacial score (nSPS) is 23.7. The van der Waals surface area contributed by atoms with Gasteiger partial charge in [0.1, 0.15) is 5.76 Å². The van der Waals surface area contributed by atoms with Crippen LogP contribution in [0.2, 0.25) is 0 Å². The molecule has 19 heavy (non-hydrogen) atoms. The highest BCUT2D eigenvalue weighted by Gasteiger charge is 2.34. The first-order chi connectivity index (χ1) is 9.26. The van der Waals surface area contributed by atoms with E-state index >= 15 is 0 Å². The fourth-order valence-corrected chi connectivity index (χ4v) is 2.73. The lowest BCUT2D eigenvalue weighted by molar-refractivity contribution is 0.0918. The summed E-state index contributed by atoms with van der Waals surface area (Å²) in [6, 6.07) is 4.26. The van der Waals surface area contributed by atoms with Crippen LogP contribution in [-0.4, -0.2) is 36.5 Å². The van der Waals surface area contributed by atoms with Crippen molar-refractivity contribution < 1.29 is 9.21 Å². The minimum Gasteiger partial charge on any atom is -0.455 e. The molecule has 5 heteroatoms. The summed E-state index contributed by atoms with van der Waals surface area (Å²) in [6.07, 6.45) is 3.89. The predicted molar refractivity (Wildman–Crippen MR) is 71.6 cm³/mol. The third-order valence-electron chi connectivity index (χ3n) is 4.02. The van der Waals surface area contributed by atoms with Gasteiger partial charge in [-0.05, 0) is 43.9 Å². The highest BCUT2D eigenvalue weighted by atomic mass is 16.4. The zero-order valence-corrected chi connectivity index (χ0v) is 11.1. The van der Waals surface area contributed by atoms with E-state index in [1.807, 2.05) is 0 Å². The van der Waals surface area contributed by atoms with E-state index in [1.54, 1.807) is 12.1 Å². The van der Waals surface area contributed by atoms with Gasteiger partial charge in [-0.15, -0.1) is 0 Å². The summed E-state index contributed by atoms with van der Waals surface area (Å²) in [7, 11) is 0. The zero-order valence-electron chi connectivity index (χ0n) is 11.1. The largest absolute Gasteiger partial charge is 0.455 e. The van der Waals surface area contributed by atoms with Gasteiger partial charge in [0.25, 0.3) is 5.91 Å². The van der Waals surface area contributed by atoms with Crippen LogP contribution < -0.4 is 11.1 Å². The molecule has 1 aliphatic carbocycles. The molecule has 1 aromatic rings. The van der Waals surface area contributed by atoms with Crippen molar-refractivity contribution in [2.45, 2.75) is 31.8 Å². The van der Waals surface area contributed by atoms with E-state index in [0.717, 1.165) is 19.1 Å². The Bertz CT molecular complexity index is 453. The maximum atomic E-state index is 11.9.